The van der Waals surface area contributed by atoms with Gasteiger partial charge in [-0.2, -0.15) is 0 Å². The van der Waals surface area contributed by atoms with E-state index < -0.39 is 0 Å². The monoisotopic (exact) mass is 342 g/mol. The average Bonchev–Trinajstić information content (AvgIpc) is 2.47. The predicted molar refractivity (Wildman–Crippen MR) is 84.7 cm³/mol. The summed E-state index contributed by atoms with van der Waals surface area (Å²) in [5.41, 5.74) is 3.01. The Labute approximate surface area is 129 Å². The number of halogens is 1. The van der Waals surface area contributed by atoms with Crippen molar-refractivity contribution in [2.75, 3.05) is 0 Å². The van der Waals surface area contributed by atoms with Crippen LogP contribution in [-0.2, 0) is 6.61 Å². The molecular formula is C17H11BrO3. The number of aromatic hydroxyl groups is 2. The molecule has 0 bridgehead atoms. The average molecular weight is 343 g/mol. The first-order valence-electron chi connectivity index (χ1n) is 6.54. The molecule has 3 nitrogen and oxygen atoms in total. The Bertz CT molecular complexity index is 887. The maximum absolute atomic E-state index is 9.66. The van der Waals surface area contributed by atoms with Crippen LogP contribution in [0.5, 0.6) is 17.2 Å². The molecule has 2 N–H and O–H groups in total. The van der Waals surface area contributed by atoms with Crippen LogP contribution < -0.4 is 4.74 Å². The maximum atomic E-state index is 9.66. The van der Waals surface area contributed by atoms with E-state index in [1.54, 1.807) is 24.3 Å². The SMILES string of the molecule is Oc1ccc2c(c1)COc1c-2cc(Br)c2cc(O)ccc12. The van der Waals surface area contributed by atoms with Crippen molar-refractivity contribution in [2.24, 2.45) is 0 Å². The van der Waals surface area contributed by atoms with E-state index in [-0.39, 0.29) is 11.5 Å². The summed E-state index contributed by atoms with van der Waals surface area (Å²) in [6, 6.07) is 12.5. The molecule has 0 spiro atoms. The third kappa shape index (κ3) is 1.87. The lowest BCUT2D eigenvalue weighted by atomic mass is 9.94. The van der Waals surface area contributed by atoms with Crippen molar-refractivity contribution in [3.8, 4) is 28.4 Å². The third-order valence-corrected chi connectivity index (χ3v) is 4.43. The van der Waals surface area contributed by atoms with Crippen LogP contribution in [-0.4, -0.2) is 10.2 Å². The van der Waals surface area contributed by atoms with Crippen LogP contribution in [0.25, 0.3) is 21.9 Å². The van der Waals surface area contributed by atoms with Gasteiger partial charge in [-0.05, 0) is 42.0 Å². The minimum absolute atomic E-state index is 0.226. The highest BCUT2D eigenvalue weighted by Gasteiger charge is 2.21. The topological polar surface area (TPSA) is 49.7 Å². The second kappa shape index (κ2) is 4.40. The molecule has 0 fully saturated rings. The Morgan fingerprint density at radius 3 is 2.48 bits per heavy atom. The molecule has 0 amide bonds. The highest BCUT2D eigenvalue weighted by atomic mass is 79.9. The van der Waals surface area contributed by atoms with E-state index in [1.165, 1.54) is 0 Å². The molecule has 104 valence electrons. The predicted octanol–water partition coefficient (Wildman–Crippen LogP) is 4.57. The molecule has 21 heavy (non-hydrogen) atoms. The van der Waals surface area contributed by atoms with E-state index in [1.807, 2.05) is 18.2 Å². The lowest BCUT2D eigenvalue weighted by Gasteiger charge is -2.23. The number of ether oxygens (including phenoxy) is 1. The van der Waals surface area contributed by atoms with E-state index in [4.69, 9.17) is 4.74 Å². The maximum Gasteiger partial charge on any atom is 0.135 e. The van der Waals surface area contributed by atoms with E-state index in [9.17, 15) is 10.2 Å². The Morgan fingerprint density at radius 1 is 0.857 bits per heavy atom. The normalized spacial score (nSPS) is 12.6. The standard InChI is InChI=1S/C17H11BrO3/c18-16-7-15-12-3-1-10(19)5-9(12)8-21-17(15)13-4-2-11(20)6-14(13)16/h1-7,19-20H,8H2. The van der Waals surface area contributed by atoms with Crippen LogP contribution in [0.2, 0.25) is 0 Å². The summed E-state index contributed by atoms with van der Waals surface area (Å²) in [6.07, 6.45) is 0. The number of rotatable bonds is 0. The van der Waals surface area contributed by atoms with E-state index >= 15 is 0 Å². The largest absolute Gasteiger partial charge is 0.508 e. The van der Waals surface area contributed by atoms with Crippen LogP contribution in [0.15, 0.2) is 46.9 Å². The minimum Gasteiger partial charge on any atom is -0.508 e. The number of benzene rings is 3. The lowest BCUT2D eigenvalue weighted by molar-refractivity contribution is 0.305. The number of hydrogen-bond donors (Lipinski definition) is 2. The zero-order valence-corrected chi connectivity index (χ0v) is 12.5. The summed E-state index contributed by atoms with van der Waals surface area (Å²) in [5, 5.41) is 21.1. The fourth-order valence-corrected chi connectivity index (χ4v) is 3.37. The summed E-state index contributed by atoms with van der Waals surface area (Å²) >= 11 is 3.56. The van der Waals surface area contributed by atoms with Gasteiger partial charge in [0.2, 0.25) is 0 Å². The van der Waals surface area contributed by atoms with Crippen molar-refractivity contribution in [1.82, 2.24) is 0 Å². The molecule has 4 rings (SSSR count). The first-order chi connectivity index (χ1) is 10.1. The van der Waals surface area contributed by atoms with Gasteiger partial charge < -0.3 is 14.9 Å². The molecule has 1 aliphatic heterocycles. The van der Waals surface area contributed by atoms with Gasteiger partial charge in [-0.3, -0.25) is 0 Å². The highest BCUT2D eigenvalue weighted by molar-refractivity contribution is 9.10. The molecule has 0 atom stereocenters. The summed E-state index contributed by atoms with van der Waals surface area (Å²) in [6.45, 7) is 0.425. The summed E-state index contributed by atoms with van der Waals surface area (Å²) in [5.74, 6) is 1.28. The van der Waals surface area contributed by atoms with Crippen molar-refractivity contribution in [1.29, 1.82) is 0 Å². The van der Waals surface area contributed by atoms with Crippen molar-refractivity contribution in [2.45, 2.75) is 6.61 Å². The zero-order chi connectivity index (χ0) is 14.6. The van der Waals surface area contributed by atoms with Crippen LogP contribution in [0.3, 0.4) is 0 Å². The van der Waals surface area contributed by atoms with Crippen molar-refractivity contribution in [3.05, 3.63) is 52.5 Å². The van der Waals surface area contributed by atoms with Crippen LogP contribution in [0, 0.1) is 0 Å². The molecule has 3 aromatic carbocycles. The fraction of sp³-hybridized carbons (Fsp3) is 0.0588. The third-order valence-electron chi connectivity index (χ3n) is 3.77. The van der Waals surface area contributed by atoms with Crippen molar-refractivity contribution >= 4 is 26.7 Å². The van der Waals surface area contributed by atoms with E-state index in [0.717, 1.165) is 37.7 Å². The van der Waals surface area contributed by atoms with Gasteiger partial charge in [-0.25, -0.2) is 0 Å². The van der Waals surface area contributed by atoms with Gasteiger partial charge in [0.25, 0.3) is 0 Å². The first-order valence-corrected chi connectivity index (χ1v) is 7.33. The molecule has 0 radical (unpaired) electrons. The molecule has 4 heteroatoms. The summed E-state index contributed by atoms with van der Waals surface area (Å²) in [4.78, 5) is 0. The molecular weight excluding hydrogens is 332 g/mol. The van der Waals surface area contributed by atoms with Gasteiger partial charge in [0.05, 0.1) is 0 Å². The number of phenolic OH excluding ortho intramolecular Hbond substituents is 2. The van der Waals surface area contributed by atoms with Gasteiger partial charge in [0.1, 0.15) is 23.9 Å². The van der Waals surface area contributed by atoms with Crippen LogP contribution in [0.1, 0.15) is 5.56 Å². The van der Waals surface area contributed by atoms with Gasteiger partial charge >= 0.3 is 0 Å². The highest BCUT2D eigenvalue weighted by Crippen LogP contribution is 2.46. The second-order valence-electron chi connectivity index (χ2n) is 5.10. The number of phenols is 2. The fourth-order valence-electron chi connectivity index (χ4n) is 2.81. The number of hydrogen-bond acceptors (Lipinski definition) is 3. The quantitative estimate of drug-likeness (QED) is 0.629. The van der Waals surface area contributed by atoms with Crippen LogP contribution >= 0.6 is 15.9 Å². The van der Waals surface area contributed by atoms with Gasteiger partial charge in [0, 0.05) is 26.4 Å². The first kappa shape index (κ1) is 12.5. The second-order valence-corrected chi connectivity index (χ2v) is 5.95. The van der Waals surface area contributed by atoms with Gasteiger partial charge in [-0.1, -0.05) is 22.0 Å². The Morgan fingerprint density at radius 2 is 1.62 bits per heavy atom. The molecule has 1 heterocycles. The van der Waals surface area contributed by atoms with Gasteiger partial charge in [0.15, 0.2) is 0 Å². The van der Waals surface area contributed by atoms with E-state index in [0.29, 0.717) is 6.61 Å². The molecule has 3 aromatic rings. The molecule has 0 saturated heterocycles. The Kier molecular flexibility index (Phi) is 2.62. The smallest absolute Gasteiger partial charge is 0.135 e. The lowest BCUT2D eigenvalue weighted by Crippen LogP contribution is -2.06. The van der Waals surface area contributed by atoms with Crippen molar-refractivity contribution in [3.63, 3.8) is 0 Å². The molecule has 0 unspecified atom stereocenters. The molecule has 0 saturated carbocycles. The van der Waals surface area contributed by atoms with Crippen molar-refractivity contribution < 1.29 is 14.9 Å². The minimum atomic E-state index is 0.226. The summed E-state index contributed by atoms with van der Waals surface area (Å²) < 4.78 is 6.80. The molecule has 0 aliphatic carbocycles. The molecule has 0 aromatic heterocycles. The van der Waals surface area contributed by atoms with Gasteiger partial charge in [-0.15, -0.1) is 0 Å². The van der Waals surface area contributed by atoms with E-state index in [2.05, 4.69) is 15.9 Å². The zero-order valence-electron chi connectivity index (χ0n) is 10.9. The Balaban J connectivity index is 2.07. The summed E-state index contributed by atoms with van der Waals surface area (Å²) in [7, 11) is 0. The Hall–Kier alpha value is -2.20. The molecule has 1 aliphatic rings. The van der Waals surface area contributed by atoms with Crippen LogP contribution in [0.4, 0.5) is 0 Å². The number of fused-ring (bicyclic) bond motifs is 5.